The van der Waals surface area contributed by atoms with E-state index in [9.17, 15) is 14.4 Å². The number of carboxylic acid groups (broad SMARTS) is 1. The molecule has 1 heterocycles. The number of epoxide rings is 1. The molecule has 4 N–H and O–H groups in total. The number of aliphatic hydroxyl groups is 1. The summed E-state index contributed by atoms with van der Waals surface area (Å²) in [6.07, 6.45) is 0.812. The van der Waals surface area contributed by atoms with Crippen LogP contribution in [0.4, 0.5) is 0 Å². The lowest BCUT2D eigenvalue weighted by molar-refractivity contribution is -0.138. The Kier molecular flexibility index (Phi) is 7.97. The van der Waals surface area contributed by atoms with Crippen LogP contribution in [0.15, 0.2) is 0 Å². The number of unbranched alkanes of at least 4 members (excludes halogenated alkanes) is 2. The fourth-order valence-electron chi connectivity index (χ4n) is 2.17. The van der Waals surface area contributed by atoms with Gasteiger partial charge in [0.05, 0.1) is 0 Å². The van der Waals surface area contributed by atoms with Crippen LogP contribution in [0.5, 0.6) is 0 Å². The quantitative estimate of drug-likeness (QED) is 0.303. The highest BCUT2D eigenvalue weighted by molar-refractivity contribution is 5.95. The van der Waals surface area contributed by atoms with Crippen LogP contribution in [-0.4, -0.2) is 59.4 Å². The third-order valence-corrected chi connectivity index (χ3v) is 3.92. The molecule has 0 aromatic carbocycles. The molecule has 0 aromatic heterocycles. The summed E-state index contributed by atoms with van der Waals surface area (Å²) in [7, 11) is 0. The van der Waals surface area contributed by atoms with Gasteiger partial charge in [-0.3, -0.25) is 9.59 Å². The third kappa shape index (κ3) is 6.15. The molecule has 0 aromatic rings. The van der Waals surface area contributed by atoms with Gasteiger partial charge >= 0.3 is 5.97 Å². The number of nitrogens with one attached hydrogen (secondary N) is 2. The molecule has 8 heteroatoms. The summed E-state index contributed by atoms with van der Waals surface area (Å²) in [5.41, 5.74) is 0. The molecule has 1 aliphatic heterocycles. The first-order valence-corrected chi connectivity index (χ1v) is 7.99. The summed E-state index contributed by atoms with van der Waals surface area (Å²) < 4.78 is 4.79. The molecule has 0 saturated carbocycles. The minimum absolute atomic E-state index is 0.0848. The second-order valence-electron chi connectivity index (χ2n) is 5.76. The summed E-state index contributed by atoms with van der Waals surface area (Å²) in [5, 5.41) is 22.8. The lowest BCUT2D eigenvalue weighted by atomic mass is 9.98. The SMILES string of the molecule is CC[C@@H](C)[C@H](NC(=O)[C@@H]1O[C@H]1C(=O)O)C(=O)NCCCCCO. The molecule has 0 bridgehead atoms. The van der Waals surface area contributed by atoms with Crippen molar-refractivity contribution in [2.45, 2.75) is 57.8 Å². The highest BCUT2D eigenvalue weighted by Crippen LogP contribution is 2.23. The molecule has 0 aliphatic carbocycles. The maximum absolute atomic E-state index is 12.2. The first kappa shape index (κ1) is 19.4. The summed E-state index contributed by atoms with van der Waals surface area (Å²) in [5.74, 6) is -2.13. The molecule has 0 radical (unpaired) electrons. The van der Waals surface area contributed by atoms with E-state index in [0.29, 0.717) is 19.4 Å². The molecule has 132 valence electrons. The number of carboxylic acids is 1. The number of amides is 2. The van der Waals surface area contributed by atoms with Gasteiger partial charge in [0.25, 0.3) is 5.91 Å². The number of carbonyl (C=O) groups excluding carboxylic acids is 2. The van der Waals surface area contributed by atoms with E-state index in [-0.39, 0.29) is 18.4 Å². The van der Waals surface area contributed by atoms with Crippen molar-refractivity contribution in [2.24, 2.45) is 5.92 Å². The molecular weight excluding hydrogens is 304 g/mol. The smallest absolute Gasteiger partial charge is 0.336 e. The lowest BCUT2D eigenvalue weighted by Gasteiger charge is -2.23. The van der Waals surface area contributed by atoms with E-state index in [1.165, 1.54) is 0 Å². The van der Waals surface area contributed by atoms with Crippen molar-refractivity contribution in [1.82, 2.24) is 10.6 Å². The van der Waals surface area contributed by atoms with Gasteiger partial charge in [-0.15, -0.1) is 0 Å². The number of aliphatic hydroxyl groups excluding tert-OH is 1. The number of ether oxygens (including phenoxy) is 1. The first-order valence-electron chi connectivity index (χ1n) is 7.99. The molecule has 8 nitrogen and oxygen atoms in total. The molecule has 1 aliphatic rings. The van der Waals surface area contributed by atoms with Gasteiger partial charge in [0, 0.05) is 13.2 Å². The van der Waals surface area contributed by atoms with Gasteiger partial charge in [0.15, 0.2) is 12.2 Å². The average molecular weight is 330 g/mol. The predicted octanol–water partition coefficient (Wildman–Crippen LogP) is -0.352. The monoisotopic (exact) mass is 330 g/mol. The molecule has 1 saturated heterocycles. The minimum atomic E-state index is -1.18. The average Bonchev–Trinajstić information content (AvgIpc) is 3.32. The molecular formula is C15H26N2O6. The molecule has 0 spiro atoms. The Morgan fingerprint density at radius 3 is 2.39 bits per heavy atom. The first-order chi connectivity index (χ1) is 10.9. The van der Waals surface area contributed by atoms with E-state index < -0.39 is 30.1 Å². The topological polar surface area (TPSA) is 128 Å². The highest BCUT2D eigenvalue weighted by atomic mass is 16.6. The van der Waals surface area contributed by atoms with Crippen molar-refractivity contribution in [3.63, 3.8) is 0 Å². The zero-order valence-corrected chi connectivity index (χ0v) is 13.6. The summed E-state index contributed by atoms with van der Waals surface area (Å²) in [6, 6.07) is -0.719. The van der Waals surface area contributed by atoms with Crippen LogP contribution in [0.1, 0.15) is 39.5 Å². The molecule has 23 heavy (non-hydrogen) atoms. The fraction of sp³-hybridized carbons (Fsp3) is 0.800. The van der Waals surface area contributed by atoms with Gasteiger partial charge in [-0.1, -0.05) is 20.3 Å². The molecule has 4 atom stereocenters. The van der Waals surface area contributed by atoms with Gasteiger partial charge in [-0.05, 0) is 25.2 Å². The zero-order valence-electron chi connectivity index (χ0n) is 13.6. The third-order valence-electron chi connectivity index (χ3n) is 3.92. The maximum Gasteiger partial charge on any atom is 0.336 e. The normalized spacial score (nSPS) is 22.0. The number of aliphatic carboxylic acids is 1. The van der Waals surface area contributed by atoms with Crippen molar-refractivity contribution in [3.8, 4) is 0 Å². The predicted molar refractivity (Wildman–Crippen MR) is 81.6 cm³/mol. The van der Waals surface area contributed by atoms with Crippen LogP contribution in [0.3, 0.4) is 0 Å². The molecule has 1 rings (SSSR count). The van der Waals surface area contributed by atoms with Gasteiger partial charge in [0.1, 0.15) is 6.04 Å². The van der Waals surface area contributed by atoms with Crippen molar-refractivity contribution in [3.05, 3.63) is 0 Å². The molecule has 0 unspecified atom stereocenters. The molecule has 2 amide bonds. The van der Waals surface area contributed by atoms with Crippen LogP contribution < -0.4 is 10.6 Å². The van der Waals surface area contributed by atoms with Crippen molar-refractivity contribution < 1.29 is 29.3 Å². The maximum atomic E-state index is 12.2. The van der Waals surface area contributed by atoms with Gasteiger partial charge < -0.3 is 25.6 Å². The summed E-state index contributed by atoms with van der Waals surface area (Å²) >= 11 is 0. The summed E-state index contributed by atoms with van der Waals surface area (Å²) in [4.78, 5) is 34.9. The second kappa shape index (κ2) is 9.46. The Morgan fingerprint density at radius 2 is 1.87 bits per heavy atom. The van der Waals surface area contributed by atoms with Crippen LogP contribution in [0, 0.1) is 5.92 Å². The lowest BCUT2D eigenvalue weighted by Crippen LogP contribution is -2.51. The Morgan fingerprint density at radius 1 is 1.17 bits per heavy atom. The molecule has 1 fully saturated rings. The Bertz CT molecular complexity index is 428. The number of hydrogen-bond acceptors (Lipinski definition) is 5. The Labute approximate surface area is 135 Å². The van der Waals surface area contributed by atoms with E-state index in [0.717, 1.165) is 12.8 Å². The van der Waals surface area contributed by atoms with Crippen molar-refractivity contribution in [2.75, 3.05) is 13.2 Å². The second-order valence-corrected chi connectivity index (χ2v) is 5.76. The van der Waals surface area contributed by atoms with Crippen molar-refractivity contribution >= 4 is 17.8 Å². The van der Waals surface area contributed by atoms with E-state index in [4.69, 9.17) is 14.9 Å². The van der Waals surface area contributed by atoms with E-state index in [2.05, 4.69) is 10.6 Å². The van der Waals surface area contributed by atoms with E-state index >= 15 is 0 Å². The number of rotatable bonds is 11. The number of hydrogen-bond donors (Lipinski definition) is 4. The van der Waals surface area contributed by atoms with E-state index in [1.807, 2.05) is 13.8 Å². The van der Waals surface area contributed by atoms with Gasteiger partial charge in [-0.2, -0.15) is 0 Å². The van der Waals surface area contributed by atoms with Crippen LogP contribution in [0.25, 0.3) is 0 Å². The van der Waals surface area contributed by atoms with Gasteiger partial charge in [0.2, 0.25) is 5.91 Å². The van der Waals surface area contributed by atoms with E-state index in [1.54, 1.807) is 0 Å². The fourth-order valence-corrected chi connectivity index (χ4v) is 2.17. The van der Waals surface area contributed by atoms with Crippen LogP contribution in [-0.2, 0) is 19.1 Å². The minimum Gasteiger partial charge on any atom is -0.479 e. The van der Waals surface area contributed by atoms with Crippen molar-refractivity contribution in [1.29, 1.82) is 0 Å². The van der Waals surface area contributed by atoms with Crippen LogP contribution in [0.2, 0.25) is 0 Å². The Hall–Kier alpha value is -1.67. The zero-order chi connectivity index (χ0) is 17.4. The summed E-state index contributed by atoms with van der Waals surface area (Å²) in [6.45, 7) is 4.36. The van der Waals surface area contributed by atoms with Gasteiger partial charge in [-0.25, -0.2) is 4.79 Å². The largest absolute Gasteiger partial charge is 0.479 e. The number of carbonyl (C=O) groups is 3. The van der Waals surface area contributed by atoms with Crippen LogP contribution >= 0.6 is 0 Å². The Balaban J connectivity index is 2.47. The highest BCUT2D eigenvalue weighted by Gasteiger charge is 2.51. The standard InChI is InChI=1S/C15H26N2O6/c1-3-9(2)10(13(19)16-7-5-4-6-8-18)17-14(20)11-12(23-11)15(21)22/h9-12,18H,3-8H2,1-2H3,(H,16,19)(H,17,20)(H,21,22)/t9-,10+,11-,12-/m1/s1.